The van der Waals surface area contributed by atoms with Crippen LogP contribution in [0.3, 0.4) is 0 Å². The van der Waals surface area contributed by atoms with E-state index >= 15 is 0 Å². The Labute approximate surface area is 215 Å². The van der Waals surface area contributed by atoms with Crippen molar-refractivity contribution in [3.8, 4) is 11.5 Å². The number of benzene rings is 3. The largest absolute Gasteiger partial charge is 0.507 e. The van der Waals surface area contributed by atoms with E-state index in [4.69, 9.17) is 21.1 Å². The Morgan fingerprint density at radius 3 is 2.19 bits per heavy atom. The summed E-state index contributed by atoms with van der Waals surface area (Å²) < 4.78 is 10.4. The third kappa shape index (κ3) is 4.75. The molecule has 0 aliphatic carbocycles. The van der Waals surface area contributed by atoms with E-state index < -0.39 is 17.7 Å². The zero-order chi connectivity index (χ0) is 26.0. The molecule has 0 saturated carbocycles. The van der Waals surface area contributed by atoms with Crippen molar-refractivity contribution < 1.29 is 24.2 Å². The van der Waals surface area contributed by atoms with Gasteiger partial charge in [-0.1, -0.05) is 35.9 Å². The maximum absolute atomic E-state index is 13.3. The fraction of sp³-hybridized carbons (Fsp3) is 0.214. The van der Waals surface area contributed by atoms with Crippen molar-refractivity contribution in [2.24, 2.45) is 0 Å². The molecule has 8 heteroatoms. The molecule has 0 radical (unpaired) electrons. The van der Waals surface area contributed by atoms with Gasteiger partial charge < -0.3 is 24.4 Å². The highest BCUT2D eigenvalue weighted by Gasteiger charge is 2.46. The van der Waals surface area contributed by atoms with Crippen molar-refractivity contribution in [3.05, 3.63) is 94.0 Å². The van der Waals surface area contributed by atoms with E-state index in [0.717, 1.165) is 11.3 Å². The molecule has 1 atom stereocenters. The molecule has 186 valence electrons. The number of ketones is 1. The molecule has 1 saturated heterocycles. The van der Waals surface area contributed by atoms with Gasteiger partial charge in [0.2, 0.25) is 0 Å². The Bertz CT molecular complexity index is 1320. The monoisotopic (exact) mass is 506 g/mol. The minimum absolute atomic E-state index is 0.00680. The van der Waals surface area contributed by atoms with Gasteiger partial charge in [-0.3, -0.25) is 9.59 Å². The van der Waals surface area contributed by atoms with Crippen molar-refractivity contribution in [2.45, 2.75) is 12.6 Å². The van der Waals surface area contributed by atoms with Gasteiger partial charge in [0, 0.05) is 31.9 Å². The number of rotatable bonds is 7. The molecule has 0 aromatic heterocycles. The number of anilines is 1. The number of likely N-dealkylation sites (tertiary alicyclic amines) is 1. The van der Waals surface area contributed by atoms with Crippen molar-refractivity contribution in [1.82, 2.24) is 4.90 Å². The van der Waals surface area contributed by atoms with Crippen LogP contribution < -0.4 is 14.4 Å². The molecule has 1 aliphatic rings. The van der Waals surface area contributed by atoms with E-state index in [2.05, 4.69) is 0 Å². The molecule has 0 bridgehead atoms. The molecule has 1 fully saturated rings. The lowest BCUT2D eigenvalue weighted by Gasteiger charge is -2.26. The predicted molar refractivity (Wildman–Crippen MR) is 140 cm³/mol. The fourth-order valence-corrected chi connectivity index (χ4v) is 4.50. The summed E-state index contributed by atoms with van der Waals surface area (Å²) in [7, 11) is 6.93. The lowest BCUT2D eigenvalue weighted by molar-refractivity contribution is -0.140. The van der Waals surface area contributed by atoms with Crippen LogP contribution in [0.25, 0.3) is 5.76 Å². The summed E-state index contributed by atoms with van der Waals surface area (Å²) in [5.41, 5.74) is 2.81. The summed E-state index contributed by atoms with van der Waals surface area (Å²) >= 11 is 6.27. The summed E-state index contributed by atoms with van der Waals surface area (Å²) in [6.07, 6.45) is 0. The first-order valence-corrected chi connectivity index (χ1v) is 11.7. The molecule has 1 amide bonds. The third-order valence-electron chi connectivity index (χ3n) is 6.20. The minimum atomic E-state index is -0.788. The Balaban J connectivity index is 1.83. The van der Waals surface area contributed by atoms with E-state index in [0.29, 0.717) is 22.6 Å². The van der Waals surface area contributed by atoms with Crippen LogP contribution in [-0.4, -0.2) is 50.0 Å². The lowest BCUT2D eigenvalue weighted by Crippen LogP contribution is -2.29. The number of aliphatic hydroxyl groups is 1. The minimum Gasteiger partial charge on any atom is -0.507 e. The smallest absolute Gasteiger partial charge is 0.295 e. The number of nitrogens with zero attached hydrogens (tertiary/aromatic N) is 2. The predicted octanol–water partition coefficient (Wildman–Crippen LogP) is 5.05. The summed E-state index contributed by atoms with van der Waals surface area (Å²) in [5.74, 6) is -0.614. The van der Waals surface area contributed by atoms with Crippen molar-refractivity contribution in [1.29, 1.82) is 0 Å². The second-order valence-corrected chi connectivity index (χ2v) is 9.02. The summed E-state index contributed by atoms with van der Waals surface area (Å²) in [5, 5.41) is 11.6. The van der Waals surface area contributed by atoms with E-state index in [-0.39, 0.29) is 22.9 Å². The average Bonchev–Trinajstić information content (AvgIpc) is 3.13. The normalized spacial score (nSPS) is 16.8. The van der Waals surface area contributed by atoms with Gasteiger partial charge >= 0.3 is 0 Å². The maximum Gasteiger partial charge on any atom is 0.295 e. The summed E-state index contributed by atoms with van der Waals surface area (Å²) in [6, 6.07) is 18.7. The van der Waals surface area contributed by atoms with Crippen LogP contribution in [0, 0.1) is 0 Å². The van der Waals surface area contributed by atoms with Crippen LogP contribution in [-0.2, 0) is 16.1 Å². The molecule has 1 heterocycles. The highest BCUT2D eigenvalue weighted by atomic mass is 35.5. The van der Waals surface area contributed by atoms with Crippen molar-refractivity contribution in [2.75, 3.05) is 33.2 Å². The van der Waals surface area contributed by atoms with Crippen LogP contribution in [0.2, 0.25) is 5.02 Å². The number of hydrogen-bond donors (Lipinski definition) is 1. The number of carbonyl (C=O) groups excluding carboxylic acids is 2. The Morgan fingerprint density at radius 1 is 0.972 bits per heavy atom. The van der Waals surface area contributed by atoms with Crippen LogP contribution in [0.1, 0.15) is 22.7 Å². The van der Waals surface area contributed by atoms with Crippen LogP contribution in [0.5, 0.6) is 11.5 Å². The molecule has 1 N–H and O–H groups in total. The van der Waals surface area contributed by atoms with Crippen molar-refractivity contribution in [3.63, 3.8) is 0 Å². The van der Waals surface area contributed by atoms with Gasteiger partial charge in [-0.05, 0) is 53.6 Å². The fourth-order valence-electron chi connectivity index (χ4n) is 4.24. The highest BCUT2D eigenvalue weighted by Crippen LogP contribution is 2.41. The quantitative estimate of drug-likeness (QED) is 0.274. The number of ether oxygens (including phenoxy) is 2. The number of aliphatic hydroxyl groups excluding tert-OH is 1. The zero-order valence-electron chi connectivity index (χ0n) is 20.5. The van der Waals surface area contributed by atoms with Gasteiger partial charge in [-0.15, -0.1) is 0 Å². The zero-order valence-corrected chi connectivity index (χ0v) is 21.2. The molecule has 7 nitrogen and oxygen atoms in total. The first kappa shape index (κ1) is 25.1. The molecular formula is C28H27ClN2O5. The van der Waals surface area contributed by atoms with E-state index in [1.54, 1.807) is 31.4 Å². The second kappa shape index (κ2) is 10.3. The number of amides is 1. The lowest BCUT2D eigenvalue weighted by atomic mass is 9.95. The summed E-state index contributed by atoms with van der Waals surface area (Å²) in [4.78, 5) is 30.0. The molecule has 3 aromatic carbocycles. The molecular weight excluding hydrogens is 480 g/mol. The van der Waals surface area contributed by atoms with Gasteiger partial charge in [0.25, 0.3) is 11.7 Å². The van der Waals surface area contributed by atoms with Crippen LogP contribution >= 0.6 is 11.6 Å². The molecule has 1 aliphatic heterocycles. The Kier molecular flexibility index (Phi) is 7.22. The maximum atomic E-state index is 13.3. The molecule has 3 aromatic rings. The second-order valence-electron chi connectivity index (χ2n) is 8.61. The van der Waals surface area contributed by atoms with Gasteiger partial charge in [-0.25, -0.2) is 0 Å². The van der Waals surface area contributed by atoms with Gasteiger partial charge in [-0.2, -0.15) is 0 Å². The molecule has 4 rings (SSSR count). The van der Waals surface area contributed by atoms with E-state index in [1.807, 2.05) is 55.4 Å². The standard InChI is InChI=1S/C28H27ClN2O5/c1-30(2)20-10-7-18(8-11-20)25-24(26(32)19-9-14-23(36-4)22(29)15-19)27(33)28(34)31(25)16-17-5-12-21(35-3)13-6-17/h5-15,25,32H,16H2,1-4H3/b26-24-. The van der Waals surface area contributed by atoms with E-state index in [1.165, 1.54) is 18.1 Å². The number of methoxy groups -OCH3 is 2. The third-order valence-corrected chi connectivity index (χ3v) is 6.50. The van der Waals surface area contributed by atoms with Crippen LogP contribution in [0.4, 0.5) is 5.69 Å². The first-order valence-electron chi connectivity index (χ1n) is 11.3. The number of Topliss-reactive ketones (excluding diaryl/α,β-unsaturated/α-hetero) is 1. The Morgan fingerprint density at radius 2 is 1.64 bits per heavy atom. The SMILES string of the molecule is COc1ccc(CN2C(=O)C(=O)/C(=C(\O)c3ccc(OC)c(Cl)c3)C2c2ccc(N(C)C)cc2)cc1. The molecule has 0 spiro atoms. The number of hydrogen-bond acceptors (Lipinski definition) is 6. The van der Waals surface area contributed by atoms with E-state index in [9.17, 15) is 14.7 Å². The number of halogens is 1. The van der Waals surface area contributed by atoms with Gasteiger partial charge in [0.15, 0.2) is 0 Å². The highest BCUT2D eigenvalue weighted by molar-refractivity contribution is 6.46. The van der Waals surface area contributed by atoms with Gasteiger partial charge in [0.1, 0.15) is 17.3 Å². The molecule has 1 unspecified atom stereocenters. The van der Waals surface area contributed by atoms with Gasteiger partial charge in [0.05, 0.1) is 30.9 Å². The summed E-state index contributed by atoms with van der Waals surface area (Å²) in [6.45, 7) is 0.175. The first-order chi connectivity index (χ1) is 17.2. The topological polar surface area (TPSA) is 79.3 Å². The van der Waals surface area contributed by atoms with Crippen LogP contribution in [0.15, 0.2) is 72.3 Å². The molecule has 36 heavy (non-hydrogen) atoms. The number of carbonyl (C=O) groups is 2. The Hall–Kier alpha value is -3.97. The van der Waals surface area contributed by atoms with Crippen molar-refractivity contribution >= 4 is 34.7 Å². The average molecular weight is 507 g/mol.